The minimum absolute atomic E-state index is 0.0320. The Hall–Kier alpha value is -0.970. The summed E-state index contributed by atoms with van der Waals surface area (Å²) in [5.41, 5.74) is 0.784. The lowest BCUT2D eigenvalue weighted by atomic mass is 10.2. The molecule has 1 aromatic heterocycles. The van der Waals surface area contributed by atoms with Crippen molar-refractivity contribution in [3.8, 4) is 0 Å². The maximum absolute atomic E-state index is 11.7. The van der Waals surface area contributed by atoms with Crippen LogP contribution in [0, 0.1) is 5.92 Å². The maximum Gasteiger partial charge on any atom is 0.228 e. The summed E-state index contributed by atoms with van der Waals surface area (Å²) in [4.78, 5) is 11.7. The second-order valence-electron chi connectivity index (χ2n) is 3.84. The van der Waals surface area contributed by atoms with Crippen molar-refractivity contribution in [1.82, 2.24) is 9.78 Å². The lowest BCUT2D eigenvalue weighted by Gasteiger charge is -2.08. The van der Waals surface area contributed by atoms with Gasteiger partial charge in [-0.25, -0.2) is 0 Å². The maximum atomic E-state index is 11.7. The Morgan fingerprint density at radius 2 is 2.44 bits per heavy atom. The molecule has 4 nitrogen and oxygen atoms in total. The lowest BCUT2D eigenvalue weighted by Crippen LogP contribution is -2.21. The van der Waals surface area contributed by atoms with Gasteiger partial charge in [-0.15, -0.1) is 0 Å². The predicted molar refractivity (Wildman–Crippen MR) is 68.7 cm³/mol. The standard InChI is InChI=1S/C11H19N3OS/c1-4-5-14-7-10(6-12-14)13-11(15)9(2)8-16-3/h6-7,9H,4-5,8H2,1-3H3,(H,13,15)/t9-/m0/s1. The number of anilines is 1. The first kappa shape index (κ1) is 13.1. The first-order chi connectivity index (χ1) is 7.67. The van der Waals surface area contributed by atoms with E-state index in [2.05, 4.69) is 17.3 Å². The third-order valence-electron chi connectivity index (χ3n) is 2.22. The molecule has 16 heavy (non-hydrogen) atoms. The predicted octanol–water partition coefficient (Wildman–Crippen LogP) is 2.23. The van der Waals surface area contributed by atoms with Gasteiger partial charge in [-0.05, 0) is 12.7 Å². The van der Waals surface area contributed by atoms with Gasteiger partial charge in [0.05, 0.1) is 11.9 Å². The van der Waals surface area contributed by atoms with Crippen LogP contribution >= 0.6 is 11.8 Å². The van der Waals surface area contributed by atoms with Gasteiger partial charge in [-0.3, -0.25) is 9.48 Å². The van der Waals surface area contributed by atoms with Gasteiger partial charge in [-0.1, -0.05) is 13.8 Å². The third kappa shape index (κ3) is 3.89. The molecule has 0 radical (unpaired) electrons. The Kier molecular flexibility index (Phi) is 5.38. The molecule has 1 aromatic rings. The number of hydrogen-bond donors (Lipinski definition) is 1. The van der Waals surface area contributed by atoms with Gasteiger partial charge in [0.15, 0.2) is 0 Å². The van der Waals surface area contributed by atoms with Crippen molar-refractivity contribution >= 4 is 23.4 Å². The molecule has 0 spiro atoms. The van der Waals surface area contributed by atoms with Crippen molar-refractivity contribution in [1.29, 1.82) is 0 Å². The molecule has 1 N–H and O–H groups in total. The van der Waals surface area contributed by atoms with E-state index in [0.29, 0.717) is 0 Å². The molecule has 0 aliphatic heterocycles. The molecule has 0 aromatic carbocycles. The summed E-state index contributed by atoms with van der Waals surface area (Å²) in [7, 11) is 0. The van der Waals surface area contributed by atoms with Crippen molar-refractivity contribution in [3.63, 3.8) is 0 Å². The summed E-state index contributed by atoms with van der Waals surface area (Å²) in [6.07, 6.45) is 6.60. The Balaban J connectivity index is 2.49. The SMILES string of the molecule is CCCn1cc(NC(=O)[C@@H](C)CSC)cn1. The van der Waals surface area contributed by atoms with Crippen molar-refractivity contribution in [2.45, 2.75) is 26.8 Å². The summed E-state index contributed by atoms with van der Waals surface area (Å²) in [5, 5.41) is 7.03. The number of amides is 1. The number of nitrogens with one attached hydrogen (secondary N) is 1. The molecule has 0 saturated carbocycles. The van der Waals surface area contributed by atoms with Crippen LogP contribution in [0.3, 0.4) is 0 Å². The zero-order valence-corrected chi connectivity index (χ0v) is 10.9. The highest BCUT2D eigenvalue weighted by Gasteiger charge is 2.12. The highest BCUT2D eigenvalue weighted by atomic mass is 32.2. The topological polar surface area (TPSA) is 46.9 Å². The van der Waals surface area contributed by atoms with Gasteiger partial charge in [0.2, 0.25) is 5.91 Å². The lowest BCUT2D eigenvalue weighted by molar-refractivity contribution is -0.118. The smallest absolute Gasteiger partial charge is 0.228 e. The molecule has 0 saturated heterocycles. The van der Waals surface area contributed by atoms with Gasteiger partial charge in [-0.2, -0.15) is 16.9 Å². The van der Waals surface area contributed by atoms with Crippen molar-refractivity contribution in [2.75, 3.05) is 17.3 Å². The summed E-state index contributed by atoms with van der Waals surface area (Å²) < 4.78 is 1.84. The molecular weight excluding hydrogens is 222 g/mol. The molecular formula is C11H19N3OS. The number of aromatic nitrogens is 2. The Morgan fingerprint density at radius 1 is 1.69 bits per heavy atom. The van der Waals surface area contributed by atoms with E-state index in [1.807, 2.05) is 24.1 Å². The molecule has 0 unspecified atom stereocenters. The zero-order chi connectivity index (χ0) is 12.0. The van der Waals surface area contributed by atoms with Crippen LogP contribution in [0.25, 0.3) is 0 Å². The quantitative estimate of drug-likeness (QED) is 0.830. The third-order valence-corrected chi connectivity index (χ3v) is 3.05. The van der Waals surface area contributed by atoms with E-state index in [1.54, 1.807) is 18.0 Å². The second-order valence-corrected chi connectivity index (χ2v) is 4.75. The van der Waals surface area contributed by atoms with Crippen molar-refractivity contribution in [2.24, 2.45) is 5.92 Å². The number of carbonyl (C=O) groups excluding carboxylic acids is 1. The number of rotatable bonds is 6. The van der Waals surface area contributed by atoms with Crippen LogP contribution in [0.1, 0.15) is 20.3 Å². The molecule has 1 rings (SSSR count). The van der Waals surface area contributed by atoms with Crippen LogP contribution in [0.15, 0.2) is 12.4 Å². The van der Waals surface area contributed by atoms with Crippen LogP contribution in [-0.2, 0) is 11.3 Å². The van der Waals surface area contributed by atoms with E-state index in [4.69, 9.17) is 0 Å². The number of carbonyl (C=O) groups is 1. The number of nitrogens with zero attached hydrogens (tertiary/aromatic N) is 2. The molecule has 0 bridgehead atoms. The number of thioether (sulfide) groups is 1. The zero-order valence-electron chi connectivity index (χ0n) is 10.1. The Labute approximate surface area is 101 Å². The highest BCUT2D eigenvalue weighted by molar-refractivity contribution is 7.98. The van der Waals surface area contributed by atoms with Gasteiger partial charge < -0.3 is 5.32 Å². The molecule has 5 heteroatoms. The monoisotopic (exact) mass is 241 g/mol. The summed E-state index contributed by atoms with van der Waals surface area (Å²) in [5.74, 6) is 0.935. The minimum Gasteiger partial charge on any atom is -0.323 e. The molecule has 1 amide bonds. The number of aryl methyl sites for hydroxylation is 1. The van der Waals surface area contributed by atoms with E-state index in [1.165, 1.54) is 0 Å². The van der Waals surface area contributed by atoms with E-state index in [0.717, 1.165) is 24.4 Å². The van der Waals surface area contributed by atoms with E-state index in [-0.39, 0.29) is 11.8 Å². The molecule has 0 fully saturated rings. The molecule has 90 valence electrons. The van der Waals surface area contributed by atoms with Gasteiger partial charge >= 0.3 is 0 Å². The van der Waals surface area contributed by atoms with Gasteiger partial charge in [0, 0.05) is 24.4 Å². The van der Waals surface area contributed by atoms with E-state index >= 15 is 0 Å². The van der Waals surface area contributed by atoms with E-state index in [9.17, 15) is 4.79 Å². The normalized spacial score (nSPS) is 12.4. The highest BCUT2D eigenvalue weighted by Crippen LogP contribution is 2.10. The van der Waals surface area contributed by atoms with Crippen LogP contribution in [0.4, 0.5) is 5.69 Å². The fourth-order valence-corrected chi connectivity index (χ4v) is 2.02. The minimum atomic E-state index is 0.0320. The van der Waals surface area contributed by atoms with Crippen LogP contribution in [-0.4, -0.2) is 27.7 Å². The Bertz CT molecular complexity index is 338. The van der Waals surface area contributed by atoms with Gasteiger partial charge in [0.25, 0.3) is 0 Å². The summed E-state index contributed by atoms with van der Waals surface area (Å²) >= 11 is 1.68. The second kappa shape index (κ2) is 6.58. The first-order valence-electron chi connectivity index (χ1n) is 5.49. The van der Waals surface area contributed by atoms with Crippen LogP contribution < -0.4 is 5.32 Å². The summed E-state index contributed by atoms with van der Waals surface area (Å²) in [6, 6.07) is 0. The molecule has 1 atom stereocenters. The van der Waals surface area contributed by atoms with Crippen LogP contribution in [0.2, 0.25) is 0 Å². The number of hydrogen-bond acceptors (Lipinski definition) is 3. The Morgan fingerprint density at radius 3 is 3.06 bits per heavy atom. The first-order valence-corrected chi connectivity index (χ1v) is 6.89. The van der Waals surface area contributed by atoms with E-state index < -0.39 is 0 Å². The average molecular weight is 241 g/mol. The summed E-state index contributed by atoms with van der Waals surface area (Å²) in [6.45, 7) is 4.92. The fourth-order valence-electron chi connectivity index (χ4n) is 1.37. The molecule has 0 aliphatic rings. The van der Waals surface area contributed by atoms with Crippen molar-refractivity contribution < 1.29 is 4.79 Å². The van der Waals surface area contributed by atoms with Crippen molar-refractivity contribution in [3.05, 3.63) is 12.4 Å². The largest absolute Gasteiger partial charge is 0.323 e. The van der Waals surface area contributed by atoms with Gasteiger partial charge in [0.1, 0.15) is 0 Å². The average Bonchev–Trinajstić information content (AvgIpc) is 2.66. The molecule has 0 aliphatic carbocycles. The van der Waals surface area contributed by atoms with Crippen LogP contribution in [0.5, 0.6) is 0 Å². The molecule has 1 heterocycles. The fraction of sp³-hybridized carbons (Fsp3) is 0.636.